The predicted molar refractivity (Wildman–Crippen MR) is 66.7 cm³/mol. The number of furan rings is 1. The van der Waals surface area contributed by atoms with E-state index in [0.29, 0.717) is 12.2 Å². The zero-order chi connectivity index (χ0) is 12.3. The normalized spacial score (nSPS) is 10.4. The molecule has 1 aromatic heterocycles. The molecule has 0 spiro atoms. The zero-order valence-corrected chi connectivity index (χ0v) is 10.2. The van der Waals surface area contributed by atoms with Crippen molar-refractivity contribution < 1.29 is 14.3 Å². The molecular weight excluding hydrogens is 236 g/mol. The molecule has 2 rings (SSSR count). The van der Waals surface area contributed by atoms with Gasteiger partial charge in [-0.1, -0.05) is 18.2 Å². The molecule has 0 saturated heterocycles. The van der Waals surface area contributed by atoms with Crippen LogP contribution in [-0.2, 0) is 6.42 Å². The average Bonchev–Trinajstić information content (AvgIpc) is 2.78. The van der Waals surface area contributed by atoms with Crippen molar-refractivity contribution in [3.63, 3.8) is 0 Å². The molecular formula is C13H12O3S. The number of hydrogen-bond acceptors (Lipinski definition) is 3. The van der Waals surface area contributed by atoms with Crippen LogP contribution in [0.15, 0.2) is 45.7 Å². The lowest BCUT2D eigenvalue weighted by Crippen LogP contribution is -1.92. The van der Waals surface area contributed by atoms with E-state index in [1.165, 1.54) is 11.0 Å². The van der Waals surface area contributed by atoms with Crippen LogP contribution < -0.4 is 0 Å². The summed E-state index contributed by atoms with van der Waals surface area (Å²) in [6, 6.07) is 11.2. The highest BCUT2D eigenvalue weighted by Gasteiger charge is 2.10. The first kappa shape index (κ1) is 11.8. The van der Waals surface area contributed by atoms with Gasteiger partial charge in [-0.3, -0.25) is 0 Å². The Morgan fingerprint density at radius 1 is 1.29 bits per heavy atom. The minimum Gasteiger partial charge on any atom is -0.475 e. The van der Waals surface area contributed by atoms with Crippen molar-refractivity contribution in [1.29, 1.82) is 0 Å². The van der Waals surface area contributed by atoms with E-state index in [1.807, 2.05) is 30.5 Å². The third-order valence-corrected chi connectivity index (χ3v) is 3.27. The number of hydrogen-bond donors (Lipinski definition) is 1. The average molecular weight is 248 g/mol. The first-order chi connectivity index (χ1) is 8.20. The van der Waals surface area contributed by atoms with E-state index in [-0.39, 0.29) is 5.76 Å². The number of carbonyl (C=O) groups is 1. The molecule has 1 heterocycles. The minimum atomic E-state index is -1.03. The molecule has 1 N–H and O–H groups in total. The van der Waals surface area contributed by atoms with Crippen molar-refractivity contribution in [1.82, 2.24) is 0 Å². The summed E-state index contributed by atoms with van der Waals surface area (Å²) in [6.45, 7) is 0. The molecule has 0 aliphatic rings. The second kappa shape index (κ2) is 5.10. The number of aromatic carboxylic acids is 1. The van der Waals surface area contributed by atoms with Gasteiger partial charge in [-0.05, 0) is 30.0 Å². The molecule has 17 heavy (non-hydrogen) atoms. The standard InChI is InChI=1S/C13H12O3S/c1-17-12-5-3-2-4-9(12)8-10-6-7-11(16-10)13(14)15/h2-7H,8H2,1H3,(H,14,15). The Morgan fingerprint density at radius 3 is 2.71 bits per heavy atom. The predicted octanol–water partition coefficient (Wildman–Crippen LogP) is 3.29. The maximum absolute atomic E-state index is 10.7. The third kappa shape index (κ3) is 2.71. The van der Waals surface area contributed by atoms with Gasteiger partial charge in [0.25, 0.3) is 0 Å². The molecule has 0 atom stereocenters. The van der Waals surface area contributed by atoms with E-state index in [2.05, 4.69) is 0 Å². The molecule has 2 aromatic rings. The summed E-state index contributed by atoms with van der Waals surface area (Å²) in [6.07, 6.45) is 2.63. The van der Waals surface area contributed by atoms with Gasteiger partial charge in [-0.15, -0.1) is 11.8 Å². The minimum absolute atomic E-state index is 0.0124. The maximum atomic E-state index is 10.7. The van der Waals surface area contributed by atoms with Crippen LogP contribution >= 0.6 is 11.8 Å². The van der Waals surface area contributed by atoms with Crippen LogP contribution in [0.3, 0.4) is 0 Å². The van der Waals surface area contributed by atoms with Crippen LogP contribution in [0.4, 0.5) is 0 Å². The van der Waals surface area contributed by atoms with Gasteiger partial charge in [0.2, 0.25) is 5.76 Å². The van der Waals surface area contributed by atoms with Crippen molar-refractivity contribution in [3.8, 4) is 0 Å². The molecule has 0 aliphatic carbocycles. The topological polar surface area (TPSA) is 50.4 Å². The molecule has 4 heteroatoms. The van der Waals surface area contributed by atoms with Gasteiger partial charge in [0.1, 0.15) is 5.76 Å². The Bertz CT molecular complexity index is 531. The van der Waals surface area contributed by atoms with Gasteiger partial charge in [-0.2, -0.15) is 0 Å². The van der Waals surface area contributed by atoms with Crippen molar-refractivity contribution in [2.45, 2.75) is 11.3 Å². The molecule has 0 saturated carbocycles. The van der Waals surface area contributed by atoms with E-state index in [9.17, 15) is 4.79 Å². The number of rotatable bonds is 4. The SMILES string of the molecule is CSc1ccccc1Cc1ccc(C(=O)O)o1. The van der Waals surface area contributed by atoms with Crippen molar-refractivity contribution >= 4 is 17.7 Å². The van der Waals surface area contributed by atoms with E-state index >= 15 is 0 Å². The summed E-state index contributed by atoms with van der Waals surface area (Å²) in [5.74, 6) is -0.375. The highest BCUT2D eigenvalue weighted by atomic mass is 32.2. The number of carboxylic acid groups (broad SMARTS) is 1. The Balaban J connectivity index is 2.22. The lowest BCUT2D eigenvalue weighted by Gasteiger charge is -2.04. The molecule has 0 aliphatic heterocycles. The Labute approximate surface area is 103 Å². The monoisotopic (exact) mass is 248 g/mol. The summed E-state index contributed by atoms with van der Waals surface area (Å²) in [5, 5.41) is 8.77. The smallest absolute Gasteiger partial charge is 0.371 e. The lowest BCUT2D eigenvalue weighted by molar-refractivity contribution is 0.0660. The molecule has 3 nitrogen and oxygen atoms in total. The molecule has 1 aromatic carbocycles. The summed E-state index contributed by atoms with van der Waals surface area (Å²) >= 11 is 1.67. The highest BCUT2D eigenvalue weighted by molar-refractivity contribution is 7.98. The fourth-order valence-electron chi connectivity index (χ4n) is 1.62. The zero-order valence-electron chi connectivity index (χ0n) is 9.34. The number of thioether (sulfide) groups is 1. The van der Waals surface area contributed by atoms with E-state index in [4.69, 9.17) is 9.52 Å². The molecule has 0 fully saturated rings. The van der Waals surface area contributed by atoms with Crippen LogP contribution in [0.1, 0.15) is 21.9 Å². The van der Waals surface area contributed by atoms with Crippen LogP contribution in [0, 0.1) is 0 Å². The second-order valence-electron chi connectivity index (χ2n) is 3.56. The van der Waals surface area contributed by atoms with E-state index in [1.54, 1.807) is 17.8 Å². The van der Waals surface area contributed by atoms with Gasteiger partial charge >= 0.3 is 5.97 Å². The van der Waals surface area contributed by atoms with Crippen LogP contribution in [-0.4, -0.2) is 17.3 Å². The van der Waals surface area contributed by atoms with Gasteiger partial charge in [0, 0.05) is 11.3 Å². The third-order valence-electron chi connectivity index (χ3n) is 2.43. The van der Waals surface area contributed by atoms with Crippen LogP contribution in [0.5, 0.6) is 0 Å². The van der Waals surface area contributed by atoms with Crippen LogP contribution in [0.2, 0.25) is 0 Å². The van der Waals surface area contributed by atoms with Gasteiger partial charge in [-0.25, -0.2) is 4.79 Å². The van der Waals surface area contributed by atoms with E-state index in [0.717, 1.165) is 5.56 Å². The second-order valence-corrected chi connectivity index (χ2v) is 4.41. The molecule has 0 amide bonds. The Morgan fingerprint density at radius 2 is 2.06 bits per heavy atom. The molecule has 0 bridgehead atoms. The summed E-state index contributed by atoms with van der Waals surface area (Å²) in [4.78, 5) is 11.9. The van der Waals surface area contributed by atoms with Crippen molar-refractivity contribution in [2.24, 2.45) is 0 Å². The number of carboxylic acids is 1. The lowest BCUT2D eigenvalue weighted by atomic mass is 10.1. The Kier molecular flexibility index (Phi) is 3.54. The fourth-order valence-corrected chi connectivity index (χ4v) is 2.24. The van der Waals surface area contributed by atoms with Crippen molar-refractivity contribution in [2.75, 3.05) is 6.26 Å². The van der Waals surface area contributed by atoms with Gasteiger partial charge < -0.3 is 9.52 Å². The fraction of sp³-hybridized carbons (Fsp3) is 0.154. The van der Waals surface area contributed by atoms with Crippen molar-refractivity contribution in [3.05, 3.63) is 53.5 Å². The summed E-state index contributed by atoms with van der Waals surface area (Å²) < 4.78 is 5.24. The van der Waals surface area contributed by atoms with Gasteiger partial charge in [0.05, 0.1) is 0 Å². The van der Waals surface area contributed by atoms with E-state index < -0.39 is 5.97 Å². The maximum Gasteiger partial charge on any atom is 0.371 e. The summed E-state index contributed by atoms with van der Waals surface area (Å²) in [7, 11) is 0. The largest absolute Gasteiger partial charge is 0.475 e. The first-order valence-corrected chi connectivity index (χ1v) is 6.37. The first-order valence-electron chi connectivity index (χ1n) is 5.14. The Hall–Kier alpha value is -1.68. The molecule has 0 unspecified atom stereocenters. The van der Waals surface area contributed by atoms with Crippen LogP contribution in [0.25, 0.3) is 0 Å². The molecule has 0 radical (unpaired) electrons. The quantitative estimate of drug-likeness (QED) is 0.843. The molecule has 88 valence electrons. The summed E-state index contributed by atoms with van der Waals surface area (Å²) in [5.41, 5.74) is 1.14. The van der Waals surface area contributed by atoms with Gasteiger partial charge in [0.15, 0.2) is 0 Å². The number of benzene rings is 1. The highest BCUT2D eigenvalue weighted by Crippen LogP contribution is 2.23.